The Labute approximate surface area is 138 Å². The standard InChI is InChI=1S/C18H29FN2O2/c19-18(17(23)21-11-3-4-12-21)9-13-20(14-10-18)16(22)8-7-15-5-1-2-6-15/h15H,1-14H2. The van der Waals surface area contributed by atoms with E-state index < -0.39 is 5.67 Å². The fourth-order valence-electron chi connectivity index (χ4n) is 4.31. The van der Waals surface area contributed by atoms with Crippen LogP contribution in [0.5, 0.6) is 0 Å². The third kappa shape index (κ3) is 3.86. The number of nitrogens with zero attached hydrogens (tertiary/aromatic N) is 2. The highest BCUT2D eigenvalue weighted by molar-refractivity contribution is 5.86. The van der Waals surface area contributed by atoms with E-state index in [1.54, 1.807) is 9.80 Å². The number of alkyl halides is 1. The summed E-state index contributed by atoms with van der Waals surface area (Å²) in [7, 11) is 0. The van der Waals surface area contributed by atoms with Crippen molar-refractivity contribution in [3.05, 3.63) is 0 Å². The van der Waals surface area contributed by atoms with Crippen LogP contribution in [-0.2, 0) is 9.59 Å². The number of hydrogen-bond donors (Lipinski definition) is 0. The molecule has 2 heterocycles. The molecule has 0 aromatic rings. The molecule has 3 fully saturated rings. The van der Waals surface area contributed by atoms with E-state index in [0.717, 1.165) is 19.3 Å². The van der Waals surface area contributed by atoms with Gasteiger partial charge in [-0.05, 0) is 25.2 Å². The molecule has 0 aromatic heterocycles. The molecule has 130 valence electrons. The number of rotatable bonds is 4. The minimum Gasteiger partial charge on any atom is -0.342 e. The summed E-state index contributed by atoms with van der Waals surface area (Å²) in [6.45, 7) is 2.15. The highest BCUT2D eigenvalue weighted by Gasteiger charge is 2.45. The van der Waals surface area contributed by atoms with Crippen molar-refractivity contribution >= 4 is 11.8 Å². The summed E-state index contributed by atoms with van der Waals surface area (Å²) in [5.74, 6) is 0.515. The molecule has 3 aliphatic rings. The highest BCUT2D eigenvalue weighted by Crippen LogP contribution is 2.32. The average Bonchev–Trinajstić information content (AvgIpc) is 3.26. The van der Waals surface area contributed by atoms with Crippen LogP contribution in [0.2, 0.25) is 0 Å². The number of carbonyl (C=O) groups is 2. The quantitative estimate of drug-likeness (QED) is 0.798. The van der Waals surface area contributed by atoms with Gasteiger partial charge in [-0.1, -0.05) is 25.7 Å². The second-order valence-corrected chi connectivity index (χ2v) is 7.53. The summed E-state index contributed by atoms with van der Waals surface area (Å²) >= 11 is 0. The largest absolute Gasteiger partial charge is 0.342 e. The van der Waals surface area contributed by atoms with Crippen molar-refractivity contribution in [2.24, 2.45) is 5.92 Å². The zero-order valence-corrected chi connectivity index (χ0v) is 14.1. The van der Waals surface area contributed by atoms with Gasteiger partial charge in [0.2, 0.25) is 5.91 Å². The van der Waals surface area contributed by atoms with Gasteiger partial charge in [0.05, 0.1) is 0 Å². The van der Waals surface area contributed by atoms with Gasteiger partial charge in [0, 0.05) is 45.4 Å². The summed E-state index contributed by atoms with van der Waals surface area (Å²) in [5.41, 5.74) is -1.74. The topological polar surface area (TPSA) is 40.6 Å². The fourth-order valence-corrected chi connectivity index (χ4v) is 4.31. The second kappa shape index (κ2) is 7.18. The van der Waals surface area contributed by atoms with Crippen LogP contribution in [0.25, 0.3) is 0 Å². The highest BCUT2D eigenvalue weighted by atomic mass is 19.1. The molecular weight excluding hydrogens is 295 g/mol. The van der Waals surface area contributed by atoms with Crippen molar-refractivity contribution < 1.29 is 14.0 Å². The molecule has 5 heteroatoms. The third-order valence-corrected chi connectivity index (χ3v) is 5.93. The van der Waals surface area contributed by atoms with Crippen molar-refractivity contribution in [2.75, 3.05) is 26.2 Å². The third-order valence-electron chi connectivity index (χ3n) is 5.93. The van der Waals surface area contributed by atoms with Crippen LogP contribution in [0, 0.1) is 5.92 Å². The molecule has 4 nitrogen and oxygen atoms in total. The first kappa shape index (κ1) is 16.7. The Morgan fingerprint density at radius 1 is 0.913 bits per heavy atom. The molecular formula is C18H29FN2O2. The lowest BCUT2D eigenvalue weighted by atomic mass is 9.91. The van der Waals surface area contributed by atoms with Gasteiger partial charge in [-0.3, -0.25) is 9.59 Å². The predicted octanol–water partition coefficient (Wildman–Crippen LogP) is 2.91. The lowest BCUT2D eigenvalue weighted by Crippen LogP contribution is -2.52. The van der Waals surface area contributed by atoms with E-state index >= 15 is 0 Å². The maximum atomic E-state index is 15.0. The number of likely N-dealkylation sites (tertiary alicyclic amines) is 2. The molecule has 1 saturated carbocycles. The van der Waals surface area contributed by atoms with Crippen LogP contribution in [0.3, 0.4) is 0 Å². The van der Waals surface area contributed by atoms with Crippen LogP contribution in [0.1, 0.15) is 64.2 Å². The number of halogens is 1. The van der Waals surface area contributed by atoms with E-state index in [2.05, 4.69) is 0 Å². The van der Waals surface area contributed by atoms with Gasteiger partial charge in [-0.25, -0.2) is 4.39 Å². The van der Waals surface area contributed by atoms with Crippen LogP contribution >= 0.6 is 0 Å². The maximum Gasteiger partial charge on any atom is 0.260 e. The van der Waals surface area contributed by atoms with E-state index in [-0.39, 0.29) is 24.7 Å². The molecule has 3 rings (SSSR count). The van der Waals surface area contributed by atoms with Gasteiger partial charge in [0.15, 0.2) is 5.67 Å². The molecule has 0 N–H and O–H groups in total. The Kier molecular flexibility index (Phi) is 5.22. The van der Waals surface area contributed by atoms with Gasteiger partial charge in [-0.2, -0.15) is 0 Å². The van der Waals surface area contributed by atoms with Gasteiger partial charge in [0.1, 0.15) is 0 Å². The minimum absolute atomic E-state index is 0.146. The minimum atomic E-state index is -1.74. The molecule has 2 saturated heterocycles. The molecule has 0 unspecified atom stereocenters. The van der Waals surface area contributed by atoms with Crippen molar-refractivity contribution in [3.8, 4) is 0 Å². The van der Waals surface area contributed by atoms with Crippen LogP contribution in [0.15, 0.2) is 0 Å². The van der Waals surface area contributed by atoms with Crippen molar-refractivity contribution in [2.45, 2.75) is 69.9 Å². The van der Waals surface area contributed by atoms with Crippen molar-refractivity contribution in [3.63, 3.8) is 0 Å². The van der Waals surface area contributed by atoms with Crippen molar-refractivity contribution in [1.82, 2.24) is 9.80 Å². The molecule has 0 radical (unpaired) electrons. The Bertz CT molecular complexity index is 434. The van der Waals surface area contributed by atoms with E-state index in [1.807, 2.05) is 0 Å². The predicted molar refractivity (Wildman–Crippen MR) is 86.7 cm³/mol. The van der Waals surface area contributed by atoms with E-state index in [0.29, 0.717) is 38.5 Å². The van der Waals surface area contributed by atoms with Gasteiger partial charge >= 0.3 is 0 Å². The zero-order valence-electron chi connectivity index (χ0n) is 14.1. The monoisotopic (exact) mass is 324 g/mol. The van der Waals surface area contributed by atoms with E-state index in [9.17, 15) is 14.0 Å². The zero-order chi connectivity index (χ0) is 16.3. The average molecular weight is 324 g/mol. The molecule has 2 aliphatic heterocycles. The van der Waals surface area contributed by atoms with Crippen molar-refractivity contribution in [1.29, 1.82) is 0 Å². The summed E-state index contributed by atoms with van der Waals surface area (Å²) in [6.07, 6.45) is 8.95. The Morgan fingerprint density at radius 2 is 1.52 bits per heavy atom. The summed E-state index contributed by atoms with van der Waals surface area (Å²) in [5, 5.41) is 0. The molecule has 1 aliphatic carbocycles. The molecule has 0 atom stereocenters. The molecule has 2 amide bonds. The normalized spacial score (nSPS) is 25.1. The maximum absolute atomic E-state index is 15.0. The first-order chi connectivity index (χ1) is 11.1. The number of hydrogen-bond acceptors (Lipinski definition) is 2. The van der Waals surface area contributed by atoms with Gasteiger partial charge in [0.25, 0.3) is 5.91 Å². The summed E-state index contributed by atoms with van der Waals surface area (Å²) < 4.78 is 15.0. The Balaban J connectivity index is 1.45. The Morgan fingerprint density at radius 3 is 2.13 bits per heavy atom. The number of amides is 2. The van der Waals surface area contributed by atoms with Crippen LogP contribution < -0.4 is 0 Å². The summed E-state index contributed by atoms with van der Waals surface area (Å²) in [6, 6.07) is 0. The van der Waals surface area contributed by atoms with Gasteiger partial charge < -0.3 is 9.80 Å². The molecule has 23 heavy (non-hydrogen) atoms. The lowest BCUT2D eigenvalue weighted by molar-refractivity contribution is -0.149. The Hall–Kier alpha value is -1.13. The smallest absolute Gasteiger partial charge is 0.260 e. The number of carbonyl (C=O) groups excluding carboxylic acids is 2. The molecule has 0 aromatic carbocycles. The molecule has 0 spiro atoms. The van der Waals surface area contributed by atoms with Crippen LogP contribution in [-0.4, -0.2) is 53.5 Å². The summed E-state index contributed by atoms with van der Waals surface area (Å²) in [4.78, 5) is 28.1. The van der Waals surface area contributed by atoms with E-state index in [4.69, 9.17) is 0 Å². The first-order valence-electron chi connectivity index (χ1n) is 9.34. The molecule has 0 bridgehead atoms. The lowest BCUT2D eigenvalue weighted by Gasteiger charge is -2.37. The number of piperidine rings is 1. The van der Waals surface area contributed by atoms with E-state index in [1.165, 1.54) is 25.7 Å². The SMILES string of the molecule is O=C(CCC1CCCC1)N1CCC(F)(C(=O)N2CCCC2)CC1. The fraction of sp³-hybridized carbons (Fsp3) is 0.889. The van der Waals surface area contributed by atoms with Gasteiger partial charge in [-0.15, -0.1) is 0 Å². The van der Waals surface area contributed by atoms with Crippen LogP contribution in [0.4, 0.5) is 4.39 Å². The first-order valence-corrected chi connectivity index (χ1v) is 9.34. The second-order valence-electron chi connectivity index (χ2n) is 7.53.